The van der Waals surface area contributed by atoms with Crippen LogP contribution < -0.4 is 26.2 Å². The summed E-state index contributed by atoms with van der Waals surface area (Å²) in [5.41, 5.74) is 35.6. The molecule has 17 rings (SSSR count). The Morgan fingerprint density at radius 2 is 0.623 bits per heavy atom. The molecule has 0 radical (unpaired) electrons. The molecule has 2 spiro atoms. The normalized spacial score (nSPS) is 15.2. The van der Waals surface area contributed by atoms with E-state index in [2.05, 4.69) is 275 Å². The van der Waals surface area contributed by atoms with Crippen LogP contribution in [0.15, 0.2) is 231 Å². The van der Waals surface area contributed by atoms with Crippen molar-refractivity contribution in [2.24, 2.45) is 0 Å². The van der Waals surface area contributed by atoms with Crippen LogP contribution in [-0.2, 0) is 16.2 Å². The van der Waals surface area contributed by atoms with Crippen molar-refractivity contribution in [3.05, 3.63) is 292 Å². The second kappa shape index (κ2) is 14.9. The third kappa shape index (κ3) is 5.32. The average molecular weight is 981 g/mol. The molecule has 0 saturated heterocycles. The molecule has 77 heavy (non-hydrogen) atoms. The highest BCUT2D eigenvalue weighted by atomic mass is 15.2. The fraction of sp³-hybridized carbons (Fsp3) is 0.108. The van der Waals surface area contributed by atoms with Crippen molar-refractivity contribution >= 4 is 57.2 Å². The number of nitrogens with zero attached hydrogens (tertiary/aromatic N) is 2. The molecular formula is C74H53BN2. The second-order valence-corrected chi connectivity index (χ2v) is 23.6. The van der Waals surface area contributed by atoms with Crippen LogP contribution in [0.1, 0.15) is 82.0 Å². The van der Waals surface area contributed by atoms with E-state index in [0.29, 0.717) is 0 Å². The summed E-state index contributed by atoms with van der Waals surface area (Å²) in [6.07, 6.45) is 0. The highest BCUT2D eigenvalue weighted by Gasteiger charge is 2.54. The van der Waals surface area contributed by atoms with E-state index in [9.17, 15) is 0 Å². The Labute approximate surface area is 451 Å². The predicted molar refractivity (Wildman–Crippen MR) is 321 cm³/mol. The molecule has 0 aromatic heterocycles. The molecule has 11 aromatic carbocycles. The molecular weight excluding hydrogens is 928 g/mol. The van der Waals surface area contributed by atoms with Gasteiger partial charge in [0.2, 0.25) is 0 Å². The minimum absolute atomic E-state index is 0.0150. The van der Waals surface area contributed by atoms with E-state index < -0.39 is 10.8 Å². The number of benzene rings is 11. The first kappa shape index (κ1) is 43.3. The van der Waals surface area contributed by atoms with Crippen LogP contribution in [0, 0.1) is 13.8 Å². The Balaban J connectivity index is 0.918. The number of anilines is 6. The lowest BCUT2D eigenvalue weighted by atomic mass is 9.33. The monoisotopic (exact) mass is 980 g/mol. The summed E-state index contributed by atoms with van der Waals surface area (Å²) in [6, 6.07) is 89.2. The average Bonchev–Trinajstić information content (AvgIpc) is 4.30. The van der Waals surface area contributed by atoms with Gasteiger partial charge in [0.05, 0.1) is 10.8 Å². The Kier molecular flexibility index (Phi) is 8.40. The molecule has 4 aliphatic carbocycles. The largest absolute Gasteiger partial charge is 0.311 e. The first-order valence-electron chi connectivity index (χ1n) is 27.5. The maximum atomic E-state index is 2.63. The maximum Gasteiger partial charge on any atom is 0.252 e. The molecule has 2 aliphatic heterocycles. The van der Waals surface area contributed by atoms with Gasteiger partial charge in [-0.3, -0.25) is 0 Å². The first-order valence-corrected chi connectivity index (χ1v) is 27.5. The van der Waals surface area contributed by atoms with Crippen LogP contribution in [0.5, 0.6) is 0 Å². The predicted octanol–water partition coefficient (Wildman–Crippen LogP) is 16.4. The lowest BCUT2D eigenvalue weighted by molar-refractivity contribution is 0.590. The summed E-state index contributed by atoms with van der Waals surface area (Å²) in [6.45, 7) is 11.7. The molecule has 0 atom stereocenters. The van der Waals surface area contributed by atoms with Crippen molar-refractivity contribution in [1.82, 2.24) is 0 Å². The van der Waals surface area contributed by atoms with Crippen LogP contribution in [0.4, 0.5) is 34.1 Å². The van der Waals surface area contributed by atoms with Gasteiger partial charge in [0.25, 0.3) is 6.71 Å². The third-order valence-corrected chi connectivity index (χ3v) is 18.7. The molecule has 2 nitrogen and oxygen atoms in total. The summed E-state index contributed by atoms with van der Waals surface area (Å²) in [5, 5.41) is 0. The second-order valence-electron chi connectivity index (χ2n) is 23.6. The van der Waals surface area contributed by atoms with Crippen LogP contribution in [0.3, 0.4) is 0 Å². The number of hydrogen-bond donors (Lipinski definition) is 0. The SMILES string of the molecule is Cc1ccc2c(c1)B1c3cc(C)ccc3N(c3ccc4c(c3)-c3ccccc3C43c4ccccc4-c4ccccc43)c3cc(C(C)(C)C)cc(c31)N2c1ccc2c(c1)-c1ccccc1C21c2ccccc2-c2ccccc21. The molecule has 0 bridgehead atoms. The fourth-order valence-corrected chi connectivity index (χ4v) is 15.7. The van der Waals surface area contributed by atoms with Crippen molar-refractivity contribution in [2.45, 2.75) is 50.9 Å². The van der Waals surface area contributed by atoms with Crippen molar-refractivity contribution in [2.75, 3.05) is 9.80 Å². The van der Waals surface area contributed by atoms with E-state index in [0.717, 1.165) is 0 Å². The van der Waals surface area contributed by atoms with Gasteiger partial charge in [0, 0.05) is 34.1 Å². The van der Waals surface area contributed by atoms with Gasteiger partial charge >= 0.3 is 0 Å². The third-order valence-electron chi connectivity index (χ3n) is 18.7. The Bertz CT molecular complexity index is 4090. The standard InChI is InChI=1S/C74H53BN2/c1-44-30-36-67-65(38-44)75-66-39-45(2)31-37-68(66)77(48-33-35-64-56(43-48)54-23-11-17-29-62(54)74(64)59-26-14-8-20-51(59)52-21-9-15-27-60(52)74)70-41-46(72(3,4)5)40-69(71(70)75)76(67)47-32-34-63-55(42-47)53-22-10-16-28-61(53)73(63)57-24-12-6-18-49(57)50-19-7-13-25-58(50)73/h6-43H,1-5H3. The summed E-state index contributed by atoms with van der Waals surface area (Å²) in [7, 11) is 0. The van der Waals surface area contributed by atoms with E-state index in [1.165, 1.54) is 156 Å². The summed E-state index contributed by atoms with van der Waals surface area (Å²) < 4.78 is 0. The summed E-state index contributed by atoms with van der Waals surface area (Å²) in [5.74, 6) is 0. The summed E-state index contributed by atoms with van der Waals surface area (Å²) in [4.78, 5) is 5.25. The van der Waals surface area contributed by atoms with Gasteiger partial charge in [-0.15, -0.1) is 0 Å². The number of fused-ring (bicyclic) bond motifs is 24. The van der Waals surface area contributed by atoms with E-state index >= 15 is 0 Å². The van der Waals surface area contributed by atoms with Crippen molar-refractivity contribution < 1.29 is 0 Å². The molecule has 0 unspecified atom stereocenters. The van der Waals surface area contributed by atoms with Crippen molar-refractivity contribution in [3.63, 3.8) is 0 Å². The Morgan fingerprint density at radius 1 is 0.312 bits per heavy atom. The molecule has 11 aromatic rings. The van der Waals surface area contributed by atoms with Crippen LogP contribution in [0.25, 0.3) is 44.5 Å². The molecule has 2 heterocycles. The zero-order valence-electron chi connectivity index (χ0n) is 43.9. The number of aryl methyl sites for hydroxylation is 2. The zero-order chi connectivity index (χ0) is 51.3. The van der Waals surface area contributed by atoms with Gasteiger partial charge in [-0.25, -0.2) is 0 Å². The van der Waals surface area contributed by atoms with E-state index in [-0.39, 0.29) is 12.1 Å². The highest BCUT2D eigenvalue weighted by molar-refractivity contribution is 7.00. The fourth-order valence-electron chi connectivity index (χ4n) is 15.7. The van der Waals surface area contributed by atoms with E-state index in [1.807, 2.05) is 0 Å². The molecule has 362 valence electrons. The van der Waals surface area contributed by atoms with E-state index in [1.54, 1.807) is 0 Å². The number of hydrogen-bond acceptors (Lipinski definition) is 2. The van der Waals surface area contributed by atoms with Gasteiger partial charge in [0.15, 0.2) is 0 Å². The zero-order valence-corrected chi connectivity index (χ0v) is 43.9. The van der Waals surface area contributed by atoms with Crippen molar-refractivity contribution in [3.8, 4) is 44.5 Å². The van der Waals surface area contributed by atoms with Gasteiger partial charge in [0.1, 0.15) is 0 Å². The molecule has 0 N–H and O–H groups in total. The Hall–Kier alpha value is -8.92. The maximum absolute atomic E-state index is 2.63. The van der Waals surface area contributed by atoms with Crippen LogP contribution >= 0.6 is 0 Å². The smallest absolute Gasteiger partial charge is 0.252 e. The minimum Gasteiger partial charge on any atom is -0.311 e. The topological polar surface area (TPSA) is 6.48 Å². The highest BCUT2D eigenvalue weighted by Crippen LogP contribution is 2.65. The van der Waals surface area contributed by atoms with Gasteiger partial charge in [-0.1, -0.05) is 214 Å². The molecule has 6 aliphatic rings. The minimum atomic E-state index is -0.409. The lowest BCUT2D eigenvalue weighted by Crippen LogP contribution is -2.61. The lowest BCUT2D eigenvalue weighted by Gasteiger charge is -2.45. The van der Waals surface area contributed by atoms with Gasteiger partial charge in [-0.05, 0) is 179 Å². The Morgan fingerprint density at radius 3 is 0.961 bits per heavy atom. The van der Waals surface area contributed by atoms with E-state index in [4.69, 9.17) is 0 Å². The molecule has 0 saturated carbocycles. The van der Waals surface area contributed by atoms with Gasteiger partial charge < -0.3 is 9.80 Å². The molecule has 3 heteroatoms. The number of rotatable bonds is 2. The van der Waals surface area contributed by atoms with Crippen LogP contribution in [0.2, 0.25) is 0 Å². The first-order chi connectivity index (χ1) is 37.7. The quantitative estimate of drug-likeness (QED) is 0.159. The molecule has 0 amide bonds. The summed E-state index contributed by atoms with van der Waals surface area (Å²) >= 11 is 0. The van der Waals surface area contributed by atoms with Crippen LogP contribution in [-0.4, -0.2) is 6.71 Å². The molecule has 0 fully saturated rings. The van der Waals surface area contributed by atoms with Crippen molar-refractivity contribution in [1.29, 1.82) is 0 Å². The van der Waals surface area contributed by atoms with Gasteiger partial charge in [-0.2, -0.15) is 0 Å².